The van der Waals surface area contributed by atoms with Crippen molar-refractivity contribution >= 4 is 22.6 Å². The Hall–Kier alpha value is -2.14. The lowest BCUT2D eigenvalue weighted by Gasteiger charge is -2.33. The summed E-state index contributed by atoms with van der Waals surface area (Å²) >= 11 is 5.99. The van der Waals surface area contributed by atoms with Crippen LogP contribution in [0.3, 0.4) is 0 Å². The molecule has 4 nitrogen and oxygen atoms in total. The Morgan fingerprint density at radius 1 is 1.11 bits per heavy atom. The number of aryl methyl sites for hydroxylation is 2. The van der Waals surface area contributed by atoms with Gasteiger partial charge in [-0.2, -0.15) is 0 Å². The zero-order valence-electron chi connectivity index (χ0n) is 15.5. The third kappa shape index (κ3) is 3.93. The minimum Gasteiger partial charge on any atom is -0.423 e. The molecule has 0 spiro atoms. The van der Waals surface area contributed by atoms with Crippen LogP contribution in [0.2, 0.25) is 5.02 Å². The molecule has 2 aromatic carbocycles. The van der Waals surface area contributed by atoms with Crippen molar-refractivity contribution < 1.29 is 9.15 Å². The summed E-state index contributed by atoms with van der Waals surface area (Å²) < 4.78 is 11.4. The molecule has 1 saturated heterocycles. The molecule has 1 unspecified atom stereocenters. The highest BCUT2D eigenvalue weighted by atomic mass is 35.5. The fourth-order valence-corrected chi connectivity index (χ4v) is 3.71. The molecule has 140 valence electrons. The topological polar surface area (TPSA) is 42.7 Å². The maximum absolute atomic E-state index is 12.0. The Kier molecular flexibility index (Phi) is 5.04. The minimum atomic E-state index is -0.303. The van der Waals surface area contributed by atoms with E-state index in [0.717, 1.165) is 40.2 Å². The number of hydrogen-bond donors (Lipinski definition) is 0. The molecule has 1 aliphatic heterocycles. The number of halogens is 1. The van der Waals surface area contributed by atoms with Crippen LogP contribution in [-0.2, 0) is 11.3 Å². The number of nitrogens with zero attached hydrogens (tertiary/aromatic N) is 1. The Labute approximate surface area is 163 Å². The molecule has 0 saturated carbocycles. The number of fused-ring (bicyclic) bond motifs is 1. The first-order valence-electron chi connectivity index (χ1n) is 9.13. The van der Waals surface area contributed by atoms with Gasteiger partial charge in [-0.1, -0.05) is 23.7 Å². The van der Waals surface area contributed by atoms with Crippen molar-refractivity contribution in [3.8, 4) is 0 Å². The number of hydrogen-bond acceptors (Lipinski definition) is 4. The lowest BCUT2D eigenvalue weighted by Crippen LogP contribution is -2.38. The molecule has 3 aromatic rings. The molecule has 1 aromatic heterocycles. The molecular formula is C22H22ClNO3. The van der Waals surface area contributed by atoms with E-state index in [4.69, 9.17) is 20.8 Å². The van der Waals surface area contributed by atoms with E-state index in [1.807, 2.05) is 37.3 Å². The molecule has 0 N–H and O–H groups in total. The summed E-state index contributed by atoms with van der Waals surface area (Å²) in [5.74, 6) is 0. The van der Waals surface area contributed by atoms with Gasteiger partial charge in [0.2, 0.25) is 0 Å². The van der Waals surface area contributed by atoms with Gasteiger partial charge >= 0.3 is 5.63 Å². The van der Waals surface area contributed by atoms with Crippen molar-refractivity contribution in [3.63, 3.8) is 0 Å². The summed E-state index contributed by atoms with van der Waals surface area (Å²) in [5.41, 5.74) is 4.79. The van der Waals surface area contributed by atoms with E-state index in [-0.39, 0.29) is 11.7 Å². The lowest BCUT2D eigenvalue weighted by atomic mass is 10.0. The summed E-state index contributed by atoms with van der Waals surface area (Å²) in [7, 11) is 0. The lowest BCUT2D eigenvalue weighted by molar-refractivity contribution is -0.0328. The van der Waals surface area contributed by atoms with Crippen LogP contribution in [0.5, 0.6) is 0 Å². The van der Waals surface area contributed by atoms with Crippen LogP contribution in [0, 0.1) is 13.8 Å². The summed E-state index contributed by atoms with van der Waals surface area (Å²) in [6.07, 6.45) is 0.00591. The molecule has 0 radical (unpaired) electrons. The van der Waals surface area contributed by atoms with Gasteiger partial charge in [0.25, 0.3) is 0 Å². The first kappa shape index (κ1) is 18.2. The maximum Gasteiger partial charge on any atom is 0.336 e. The normalized spacial score (nSPS) is 18.1. The second kappa shape index (κ2) is 7.47. The maximum atomic E-state index is 12.0. The van der Waals surface area contributed by atoms with Gasteiger partial charge in [0.1, 0.15) is 5.58 Å². The third-order valence-electron chi connectivity index (χ3n) is 5.23. The first-order chi connectivity index (χ1) is 13.0. The van der Waals surface area contributed by atoms with Crippen LogP contribution >= 0.6 is 11.6 Å². The van der Waals surface area contributed by atoms with Crippen molar-refractivity contribution in [2.24, 2.45) is 0 Å². The van der Waals surface area contributed by atoms with Crippen molar-refractivity contribution in [3.05, 3.63) is 80.2 Å². The monoisotopic (exact) mass is 383 g/mol. The number of ether oxygens (including phenoxy) is 1. The molecule has 0 bridgehead atoms. The van der Waals surface area contributed by atoms with Crippen LogP contribution in [0.4, 0.5) is 0 Å². The highest BCUT2D eigenvalue weighted by molar-refractivity contribution is 6.30. The van der Waals surface area contributed by atoms with Gasteiger partial charge in [0, 0.05) is 36.1 Å². The van der Waals surface area contributed by atoms with Gasteiger partial charge in [-0.15, -0.1) is 0 Å². The Morgan fingerprint density at radius 2 is 1.85 bits per heavy atom. The van der Waals surface area contributed by atoms with Crippen molar-refractivity contribution in [2.45, 2.75) is 26.5 Å². The van der Waals surface area contributed by atoms with Gasteiger partial charge in [-0.05, 0) is 60.4 Å². The van der Waals surface area contributed by atoms with E-state index in [1.54, 1.807) is 6.07 Å². The van der Waals surface area contributed by atoms with Crippen LogP contribution in [-0.4, -0.2) is 24.6 Å². The first-order valence-corrected chi connectivity index (χ1v) is 9.51. The van der Waals surface area contributed by atoms with Crippen LogP contribution in [0.25, 0.3) is 11.0 Å². The molecule has 4 rings (SSSR count). The van der Waals surface area contributed by atoms with E-state index >= 15 is 0 Å². The average Bonchev–Trinajstić information content (AvgIpc) is 2.64. The minimum absolute atomic E-state index is 0.00591. The SMILES string of the molecule is Cc1cc2oc(=O)cc(CN3CCOC(c4ccc(Cl)cc4)C3)c2cc1C. The van der Waals surface area contributed by atoms with Crippen LogP contribution < -0.4 is 5.63 Å². The Balaban J connectivity index is 1.61. The molecule has 0 amide bonds. The number of morpholine rings is 1. The molecular weight excluding hydrogens is 362 g/mol. The second-order valence-corrected chi connectivity index (χ2v) is 7.61. The number of rotatable bonds is 3. The van der Waals surface area contributed by atoms with E-state index in [2.05, 4.69) is 17.9 Å². The van der Waals surface area contributed by atoms with E-state index < -0.39 is 0 Å². The van der Waals surface area contributed by atoms with E-state index in [1.165, 1.54) is 5.56 Å². The van der Waals surface area contributed by atoms with Crippen LogP contribution in [0.15, 0.2) is 51.7 Å². The Bertz CT molecular complexity index is 1030. The van der Waals surface area contributed by atoms with Crippen molar-refractivity contribution in [1.29, 1.82) is 0 Å². The van der Waals surface area contributed by atoms with Gasteiger partial charge in [-0.3, -0.25) is 4.90 Å². The van der Waals surface area contributed by atoms with Gasteiger partial charge in [-0.25, -0.2) is 4.79 Å². The highest BCUT2D eigenvalue weighted by Crippen LogP contribution is 2.27. The summed E-state index contributed by atoms with van der Waals surface area (Å²) in [6, 6.07) is 13.5. The second-order valence-electron chi connectivity index (χ2n) is 7.17. The van der Waals surface area contributed by atoms with Crippen molar-refractivity contribution in [1.82, 2.24) is 4.90 Å². The number of benzene rings is 2. The van der Waals surface area contributed by atoms with Gasteiger partial charge in [0.05, 0.1) is 12.7 Å². The molecule has 2 heterocycles. The summed E-state index contributed by atoms with van der Waals surface area (Å²) in [6.45, 7) is 7.06. The molecule has 0 aliphatic carbocycles. The smallest absolute Gasteiger partial charge is 0.336 e. The fourth-order valence-electron chi connectivity index (χ4n) is 3.58. The molecule has 1 fully saturated rings. The fraction of sp³-hybridized carbons (Fsp3) is 0.318. The summed E-state index contributed by atoms with van der Waals surface area (Å²) in [4.78, 5) is 14.4. The standard InChI is InChI=1S/C22H22ClNO3/c1-14-9-19-17(11-22(25)27-20(19)10-15(14)2)12-24-7-8-26-21(13-24)16-3-5-18(23)6-4-16/h3-6,9-11,21H,7-8,12-13H2,1-2H3. The highest BCUT2D eigenvalue weighted by Gasteiger charge is 2.23. The van der Waals surface area contributed by atoms with Gasteiger partial charge in [0.15, 0.2) is 0 Å². The average molecular weight is 384 g/mol. The predicted molar refractivity (Wildman–Crippen MR) is 107 cm³/mol. The van der Waals surface area contributed by atoms with Crippen molar-refractivity contribution in [2.75, 3.05) is 19.7 Å². The molecule has 27 heavy (non-hydrogen) atoms. The molecule has 5 heteroatoms. The van der Waals surface area contributed by atoms with Gasteiger partial charge < -0.3 is 9.15 Å². The quantitative estimate of drug-likeness (QED) is 0.618. The summed E-state index contributed by atoms with van der Waals surface area (Å²) in [5, 5.41) is 1.73. The Morgan fingerprint density at radius 3 is 2.63 bits per heavy atom. The van der Waals surface area contributed by atoms with Crippen LogP contribution in [0.1, 0.15) is 28.4 Å². The molecule has 1 aliphatic rings. The van der Waals surface area contributed by atoms with E-state index in [0.29, 0.717) is 18.7 Å². The largest absolute Gasteiger partial charge is 0.423 e. The zero-order valence-corrected chi connectivity index (χ0v) is 16.3. The van der Waals surface area contributed by atoms with E-state index in [9.17, 15) is 4.79 Å². The predicted octanol–water partition coefficient (Wildman–Crippen LogP) is 4.64. The molecule has 1 atom stereocenters. The zero-order chi connectivity index (χ0) is 19.0. The third-order valence-corrected chi connectivity index (χ3v) is 5.48.